The van der Waals surface area contributed by atoms with E-state index in [2.05, 4.69) is 10.4 Å². The van der Waals surface area contributed by atoms with Crippen molar-refractivity contribution in [3.8, 4) is 5.69 Å². The average molecular weight is 496 g/mol. The number of hydrogen-bond donors (Lipinski definition) is 1. The summed E-state index contributed by atoms with van der Waals surface area (Å²) in [6, 6.07) is 9.01. The maximum Gasteiger partial charge on any atom is 0.359 e. The van der Waals surface area contributed by atoms with Gasteiger partial charge in [0, 0.05) is 28.0 Å². The van der Waals surface area contributed by atoms with Crippen LogP contribution in [-0.4, -0.2) is 33.2 Å². The first-order chi connectivity index (χ1) is 16.7. The largest absolute Gasteiger partial charge is 0.461 e. The van der Waals surface area contributed by atoms with Crippen molar-refractivity contribution in [3.05, 3.63) is 91.0 Å². The van der Waals surface area contributed by atoms with Crippen molar-refractivity contribution >= 4 is 44.7 Å². The highest BCUT2D eigenvalue weighted by Crippen LogP contribution is 2.32. The summed E-state index contributed by atoms with van der Waals surface area (Å²) in [7, 11) is 0. The van der Waals surface area contributed by atoms with Crippen LogP contribution in [0.5, 0.6) is 0 Å². The van der Waals surface area contributed by atoms with Crippen LogP contribution in [-0.2, 0) is 4.74 Å². The molecule has 0 unspecified atom stereocenters. The third-order valence-electron chi connectivity index (χ3n) is 5.17. The Morgan fingerprint density at radius 3 is 2.60 bits per heavy atom. The maximum atomic E-state index is 13.4. The second-order valence-corrected chi connectivity index (χ2v) is 8.16. The first kappa shape index (κ1) is 23.7. The summed E-state index contributed by atoms with van der Waals surface area (Å²) < 4.78 is 19.4. The number of thiophene rings is 1. The van der Waals surface area contributed by atoms with Crippen molar-refractivity contribution in [2.24, 2.45) is 0 Å². The van der Waals surface area contributed by atoms with Crippen LogP contribution in [0.3, 0.4) is 0 Å². The number of carbonyl (C=O) groups excluding carboxylic acids is 2. The zero-order valence-corrected chi connectivity index (χ0v) is 19.2. The molecule has 1 N–H and O–H groups in total. The number of amides is 1. The van der Waals surface area contributed by atoms with Gasteiger partial charge in [-0.2, -0.15) is 9.78 Å². The molecule has 35 heavy (non-hydrogen) atoms. The monoisotopic (exact) mass is 496 g/mol. The van der Waals surface area contributed by atoms with Crippen molar-refractivity contribution < 1.29 is 23.6 Å². The molecule has 0 aliphatic carbocycles. The number of benzene rings is 2. The van der Waals surface area contributed by atoms with Gasteiger partial charge in [-0.1, -0.05) is 6.07 Å². The van der Waals surface area contributed by atoms with Gasteiger partial charge < -0.3 is 10.1 Å². The van der Waals surface area contributed by atoms with Gasteiger partial charge in [0.25, 0.3) is 17.2 Å². The fourth-order valence-corrected chi connectivity index (χ4v) is 4.42. The third kappa shape index (κ3) is 4.38. The first-order valence-corrected chi connectivity index (χ1v) is 11.1. The van der Waals surface area contributed by atoms with Gasteiger partial charge in [0.15, 0.2) is 5.69 Å². The number of anilines is 1. The van der Waals surface area contributed by atoms with Crippen molar-refractivity contribution in [2.75, 3.05) is 11.9 Å². The molecule has 0 aliphatic heterocycles. The zero-order chi connectivity index (χ0) is 25.3. The predicted molar refractivity (Wildman–Crippen MR) is 127 cm³/mol. The maximum absolute atomic E-state index is 13.4. The minimum atomic E-state index is -0.779. The number of rotatable bonds is 6. The number of nitro groups is 1. The summed E-state index contributed by atoms with van der Waals surface area (Å²) in [6.07, 6.45) is 0. The minimum absolute atomic E-state index is 0.00573. The van der Waals surface area contributed by atoms with E-state index in [9.17, 15) is 28.9 Å². The van der Waals surface area contributed by atoms with Crippen LogP contribution in [0, 0.1) is 22.9 Å². The van der Waals surface area contributed by atoms with E-state index in [0.717, 1.165) is 28.2 Å². The number of halogens is 1. The van der Waals surface area contributed by atoms with Gasteiger partial charge in [-0.25, -0.2) is 9.18 Å². The highest BCUT2D eigenvalue weighted by molar-refractivity contribution is 7.16. The van der Waals surface area contributed by atoms with E-state index in [-0.39, 0.29) is 50.6 Å². The van der Waals surface area contributed by atoms with Crippen molar-refractivity contribution in [2.45, 2.75) is 13.8 Å². The Labute approximate surface area is 200 Å². The van der Waals surface area contributed by atoms with E-state index >= 15 is 0 Å². The van der Waals surface area contributed by atoms with E-state index in [4.69, 9.17) is 4.74 Å². The highest BCUT2D eigenvalue weighted by atomic mass is 32.1. The van der Waals surface area contributed by atoms with Crippen molar-refractivity contribution in [1.29, 1.82) is 0 Å². The molecular formula is C23H17FN4O6S. The zero-order valence-electron chi connectivity index (χ0n) is 18.4. The molecule has 0 fully saturated rings. The average Bonchev–Trinajstić information content (AvgIpc) is 3.24. The number of aromatic nitrogens is 2. The molecule has 0 spiro atoms. The number of hydrogen-bond acceptors (Lipinski definition) is 8. The molecule has 10 nitrogen and oxygen atoms in total. The number of nitrogens with zero attached hydrogens (tertiary/aromatic N) is 3. The topological polar surface area (TPSA) is 133 Å². The second kappa shape index (κ2) is 9.43. The first-order valence-electron chi connectivity index (χ1n) is 10.3. The molecule has 2 heterocycles. The summed E-state index contributed by atoms with van der Waals surface area (Å²) in [5.74, 6) is -1.97. The van der Waals surface area contributed by atoms with Gasteiger partial charge in [-0.05, 0) is 44.2 Å². The van der Waals surface area contributed by atoms with E-state index in [0.29, 0.717) is 0 Å². The molecule has 0 aliphatic rings. The van der Waals surface area contributed by atoms with Gasteiger partial charge in [-0.15, -0.1) is 11.3 Å². The van der Waals surface area contributed by atoms with E-state index in [1.54, 1.807) is 6.92 Å². The van der Waals surface area contributed by atoms with Crippen LogP contribution >= 0.6 is 11.3 Å². The smallest absolute Gasteiger partial charge is 0.359 e. The molecule has 0 bridgehead atoms. The van der Waals surface area contributed by atoms with Gasteiger partial charge in [0.2, 0.25) is 0 Å². The summed E-state index contributed by atoms with van der Waals surface area (Å²) in [5, 5.41) is 19.8. The molecule has 12 heteroatoms. The number of fused-ring (bicyclic) bond motifs is 1. The van der Waals surface area contributed by atoms with E-state index < -0.39 is 28.2 Å². The summed E-state index contributed by atoms with van der Waals surface area (Å²) in [5.41, 5.74) is -0.628. The van der Waals surface area contributed by atoms with Crippen LogP contribution in [0.1, 0.15) is 33.3 Å². The molecule has 0 saturated heterocycles. The van der Waals surface area contributed by atoms with Crippen LogP contribution < -0.4 is 10.9 Å². The lowest BCUT2D eigenvalue weighted by Crippen LogP contribution is -2.25. The molecule has 0 atom stereocenters. The van der Waals surface area contributed by atoms with Crippen LogP contribution in [0.2, 0.25) is 0 Å². The highest BCUT2D eigenvalue weighted by Gasteiger charge is 2.24. The fourth-order valence-electron chi connectivity index (χ4n) is 3.49. The standard InChI is InChI=1S/C23H17FN4O6S/c1-3-34-23(31)19-16-11-35-21(25-20(29)15-5-4-6-17(12(15)2)28(32)33)18(16)22(30)27(26-19)14-9-7-13(24)8-10-14/h4-11H,3H2,1-2H3,(H,25,29). The molecule has 2 aromatic carbocycles. The predicted octanol–water partition coefficient (Wildman–Crippen LogP) is 4.23. The minimum Gasteiger partial charge on any atom is -0.461 e. The Hall–Kier alpha value is -4.45. The summed E-state index contributed by atoms with van der Waals surface area (Å²) >= 11 is 0.985. The lowest BCUT2D eigenvalue weighted by molar-refractivity contribution is -0.385. The Morgan fingerprint density at radius 1 is 1.23 bits per heavy atom. The van der Waals surface area contributed by atoms with Crippen molar-refractivity contribution in [3.63, 3.8) is 0 Å². The van der Waals surface area contributed by atoms with Gasteiger partial charge in [0.05, 0.1) is 22.6 Å². The SMILES string of the molecule is CCOC(=O)c1nn(-c2ccc(F)cc2)c(=O)c2c(NC(=O)c3cccc([N+](=O)[O-])c3C)scc12. The lowest BCUT2D eigenvalue weighted by Gasteiger charge is -2.10. The number of carbonyl (C=O) groups is 2. The number of esters is 1. The number of nitrogens with one attached hydrogen (secondary N) is 1. The van der Waals surface area contributed by atoms with Gasteiger partial charge in [-0.3, -0.25) is 19.7 Å². The van der Waals surface area contributed by atoms with Crippen LogP contribution in [0.25, 0.3) is 16.5 Å². The van der Waals surface area contributed by atoms with Crippen LogP contribution in [0.4, 0.5) is 15.1 Å². The van der Waals surface area contributed by atoms with Crippen LogP contribution in [0.15, 0.2) is 52.6 Å². The fraction of sp³-hybridized carbons (Fsp3) is 0.130. The Kier molecular flexibility index (Phi) is 6.38. The molecule has 0 radical (unpaired) electrons. The molecule has 178 valence electrons. The molecule has 4 aromatic rings. The molecular weight excluding hydrogens is 479 g/mol. The van der Waals surface area contributed by atoms with E-state index in [1.165, 1.54) is 42.6 Å². The third-order valence-corrected chi connectivity index (χ3v) is 6.06. The Balaban J connectivity index is 1.87. The molecule has 1 amide bonds. The molecule has 0 saturated carbocycles. The lowest BCUT2D eigenvalue weighted by atomic mass is 10.1. The normalized spacial score (nSPS) is 10.8. The Bertz CT molecular complexity index is 1540. The summed E-state index contributed by atoms with van der Waals surface area (Å²) in [4.78, 5) is 49.6. The van der Waals surface area contributed by atoms with Crippen molar-refractivity contribution in [1.82, 2.24) is 9.78 Å². The quantitative estimate of drug-likeness (QED) is 0.240. The number of nitro benzene ring substituents is 1. The summed E-state index contributed by atoms with van der Waals surface area (Å²) in [6.45, 7) is 3.13. The molecule has 4 rings (SSSR count). The van der Waals surface area contributed by atoms with Gasteiger partial charge >= 0.3 is 5.97 Å². The van der Waals surface area contributed by atoms with Gasteiger partial charge in [0.1, 0.15) is 10.8 Å². The molecule has 2 aromatic heterocycles. The second-order valence-electron chi connectivity index (χ2n) is 7.28. The Morgan fingerprint density at radius 2 is 1.94 bits per heavy atom. The van der Waals surface area contributed by atoms with E-state index in [1.807, 2.05) is 0 Å². The number of ether oxygens (including phenoxy) is 1.